The zero-order valence-corrected chi connectivity index (χ0v) is 23.2. The summed E-state index contributed by atoms with van der Waals surface area (Å²) in [5.41, 5.74) is 3.29. The van der Waals surface area contributed by atoms with E-state index in [1.807, 2.05) is 6.07 Å². The molecule has 0 amide bonds. The van der Waals surface area contributed by atoms with Gasteiger partial charge in [0.2, 0.25) is 0 Å². The highest BCUT2D eigenvalue weighted by Gasteiger charge is 2.60. The maximum Gasteiger partial charge on any atom is 0.380 e. The summed E-state index contributed by atoms with van der Waals surface area (Å²) >= 11 is 0. The number of ether oxygens (including phenoxy) is 1. The van der Waals surface area contributed by atoms with Crippen molar-refractivity contribution in [3.63, 3.8) is 0 Å². The van der Waals surface area contributed by atoms with Gasteiger partial charge in [0.25, 0.3) is 0 Å². The van der Waals surface area contributed by atoms with Gasteiger partial charge in [-0.1, -0.05) is 40.7 Å². The quantitative estimate of drug-likeness (QED) is 0.445. The maximum atomic E-state index is 11.4. The average molecular weight is 507 g/mol. The molecule has 0 bridgehead atoms. The predicted molar refractivity (Wildman–Crippen MR) is 141 cm³/mol. The Morgan fingerprint density at radius 1 is 1.11 bits per heavy atom. The largest absolute Gasteiger partial charge is 0.380 e. The Balaban J connectivity index is 1.45. The monoisotopic (exact) mass is 506 g/mol. The van der Waals surface area contributed by atoms with Crippen molar-refractivity contribution >= 4 is 10.3 Å². The van der Waals surface area contributed by atoms with E-state index in [1.54, 1.807) is 6.07 Å². The molecule has 1 aromatic carbocycles. The minimum absolute atomic E-state index is 0.324. The summed E-state index contributed by atoms with van der Waals surface area (Å²) in [4.78, 5) is 2.42. The first kappa shape index (κ1) is 26.9. The normalized spacial score (nSPS) is 34.4. The number of hydrogen-bond acceptors (Lipinski definition) is 5. The summed E-state index contributed by atoms with van der Waals surface area (Å²) in [6.45, 7) is 16.8. The number of benzene rings is 1. The van der Waals surface area contributed by atoms with Gasteiger partial charge in [0.15, 0.2) is 0 Å². The van der Waals surface area contributed by atoms with Gasteiger partial charge in [0.05, 0.1) is 6.61 Å². The molecule has 2 N–H and O–H groups in total. The molecule has 2 fully saturated rings. The van der Waals surface area contributed by atoms with E-state index in [4.69, 9.17) is 14.1 Å². The highest BCUT2D eigenvalue weighted by molar-refractivity contribution is 7.84. The lowest BCUT2D eigenvalue weighted by atomic mass is 9.49. The van der Waals surface area contributed by atoms with Crippen LogP contribution in [0.4, 0.5) is 0 Å². The van der Waals surface area contributed by atoms with Crippen LogP contribution < -0.4 is 9.32 Å². The van der Waals surface area contributed by atoms with Gasteiger partial charge in [0.1, 0.15) is 5.75 Å². The molecule has 3 aliphatic carbocycles. The van der Waals surface area contributed by atoms with Crippen LogP contribution >= 0.6 is 0 Å². The van der Waals surface area contributed by atoms with Crippen molar-refractivity contribution < 1.29 is 17.3 Å². The van der Waals surface area contributed by atoms with Crippen LogP contribution in [0, 0.1) is 28.6 Å². The van der Waals surface area contributed by atoms with Crippen molar-refractivity contribution in [2.45, 2.75) is 79.1 Å². The standard InChI is InChI=1S/C28H46N2O4S/c1-6-30(7-2)15-17-33-16-14-27(4)12-11-25-26-20(3)18-21-19-22(34-35(29,31)32)8-9-23(21)24(26)10-13-28(25,27)5/h8-9,19-20,24-26H,6-7,10-18H2,1-5H3,(H2,29,31,32)/t20-,24-,25+,26-,27-,28+/m1/s1. The van der Waals surface area contributed by atoms with Crippen LogP contribution in [0.1, 0.15) is 83.8 Å². The third kappa shape index (κ3) is 5.29. The van der Waals surface area contributed by atoms with E-state index in [0.717, 1.165) is 51.6 Å². The Labute approximate surface area is 213 Å². The van der Waals surface area contributed by atoms with Crippen molar-refractivity contribution in [1.29, 1.82) is 0 Å². The van der Waals surface area contributed by atoms with Gasteiger partial charge >= 0.3 is 10.3 Å². The number of hydrogen-bond donors (Lipinski definition) is 1. The van der Waals surface area contributed by atoms with E-state index in [-0.39, 0.29) is 0 Å². The van der Waals surface area contributed by atoms with Crippen molar-refractivity contribution in [2.24, 2.45) is 33.7 Å². The Morgan fingerprint density at radius 3 is 2.54 bits per heavy atom. The van der Waals surface area contributed by atoms with Gasteiger partial charge in [-0.3, -0.25) is 0 Å². The van der Waals surface area contributed by atoms with Crippen molar-refractivity contribution in [1.82, 2.24) is 4.90 Å². The van der Waals surface area contributed by atoms with E-state index >= 15 is 0 Å². The van der Waals surface area contributed by atoms with Crippen LogP contribution in [0.2, 0.25) is 0 Å². The average Bonchev–Trinajstić information content (AvgIpc) is 3.05. The van der Waals surface area contributed by atoms with E-state index in [0.29, 0.717) is 34.3 Å². The summed E-state index contributed by atoms with van der Waals surface area (Å²) in [5, 5.41) is 5.09. The second-order valence-electron chi connectivity index (χ2n) is 11.9. The third-order valence-electron chi connectivity index (χ3n) is 10.3. The first-order valence-corrected chi connectivity index (χ1v) is 15.1. The van der Waals surface area contributed by atoms with Crippen LogP contribution in [0.15, 0.2) is 18.2 Å². The molecule has 0 unspecified atom stereocenters. The molecule has 0 aliphatic heterocycles. The van der Waals surface area contributed by atoms with Gasteiger partial charge in [-0.25, -0.2) is 0 Å². The molecule has 2 saturated carbocycles. The van der Waals surface area contributed by atoms with Gasteiger partial charge in [-0.05, 0) is 109 Å². The number of likely N-dealkylation sites (N-methyl/N-ethyl adjacent to an activating group) is 1. The molecule has 3 aliphatic rings. The third-order valence-corrected chi connectivity index (χ3v) is 10.7. The van der Waals surface area contributed by atoms with Crippen LogP contribution in [0.25, 0.3) is 0 Å². The van der Waals surface area contributed by atoms with Crippen LogP contribution in [0.3, 0.4) is 0 Å². The van der Waals surface area contributed by atoms with Gasteiger partial charge in [-0.2, -0.15) is 13.6 Å². The predicted octanol–water partition coefficient (Wildman–Crippen LogP) is 5.13. The topological polar surface area (TPSA) is 81.9 Å². The van der Waals surface area contributed by atoms with E-state index in [2.05, 4.69) is 45.6 Å². The van der Waals surface area contributed by atoms with Crippen molar-refractivity contribution in [2.75, 3.05) is 32.8 Å². The van der Waals surface area contributed by atoms with Gasteiger partial charge < -0.3 is 13.8 Å². The summed E-state index contributed by atoms with van der Waals surface area (Å²) < 4.78 is 33.9. The molecule has 198 valence electrons. The molecule has 6 atom stereocenters. The molecule has 7 heteroatoms. The Hall–Kier alpha value is -1.15. The first-order chi connectivity index (χ1) is 16.5. The fourth-order valence-corrected chi connectivity index (χ4v) is 8.42. The molecule has 6 nitrogen and oxygen atoms in total. The van der Waals surface area contributed by atoms with Crippen LogP contribution in [0.5, 0.6) is 5.75 Å². The zero-order valence-electron chi connectivity index (χ0n) is 22.4. The molecule has 0 heterocycles. The molecular formula is C28H46N2O4S. The lowest BCUT2D eigenvalue weighted by Crippen LogP contribution is -2.48. The summed E-state index contributed by atoms with van der Waals surface area (Å²) in [5.74, 6) is 2.84. The summed E-state index contributed by atoms with van der Waals surface area (Å²) in [7, 11) is -4.00. The second-order valence-corrected chi connectivity index (χ2v) is 13.0. The molecule has 0 radical (unpaired) electrons. The molecule has 35 heavy (non-hydrogen) atoms. The molecule has 0 spiro atoms. The maximum absolute atomic E-state index is 11.4. The van der Waals surface area contributed by atoms with Crippen LogP contribution in [-0.4, -0.2) is 46.2 Å². The van der Waals surface area contributed by atoms with E-state index in [9.17, 15) is 8.42 Å². The molecule has 0 saturated heterocycles. The fourth-order valence-electron chi connectivity index (χ4n) is 8.05. The lowest BCUT2D eigenvalue weighted by molar-refractivity contribution is -0.0479. The smallest absolute Gasteiger partial charge is 0.380 e. The molecule has 0 aromatic heterocycles. The highest BCUT2D eigenvalue weighted by atomic mass is 32.2. The molecular weight excluding hydrogens is 460 g/mol. The first-order valence-electron chi connectivity index (χ1n) is 13.7. The van der Waals surface area contributed by atoms with E-state index in [1.165, 1.54) is 36.8 Å². The molecule has 1 aromatic rings. The lowest BCUT2D eigenvalue weighted by Gasteiger charge is -2.56. The van der Waals surface area contributed by atoms with Gasteiger partial charge in [-0.15, -0.1) is 0 Å². The fraction of sp³-hybridized carbons (Fsp3) is 0.786. The highest BCUT2D eigenvalue weighted by Crippen LogP contribution is 2.69. The second kappa shape index (κ2) is 10.3. The minimum atomic E-state index is -4.00. The van der Waals surface area contributed by atoms with Crippen molar-refractivity contribution in [3.8, 4) is 5.75 Å². The van der Waals surface area contributed by atoms with Crippen molar-refractivity contribution in [3.05, 3.63) is 29.3 Å². The van der Waals surface area contributed by atoms with E-state index < -0.39 is 10.3 Å². The summed E-state index contributed by atoms with van der Waals surface area (Å²) in [6.07, 6.45) is 7.15. The number of rotatable bonds is 10. The van der Waals surface area contributed by atoms with Gasteiger partial charge in [0, 0.05) is 13.2 Å². The molecule has 4 rings (SSSR count). The Kier molecular flexibility index (Phi) is 7.92. The minimum Gasteiger partial charge on any atom is -0.380 e. The zero-order chi connectivity index (χ0) is 25.4. The Bertz CT molecular complexity index is 995. The summed E-state index contributed by atoms with van der Waals surface area (Å²) in [6, 6.07) is 5.77. The number of nitrogens with zero attached hydrogens (tertiary/aromatic N) is 1. The Morgan fingerprint density at radius 2 is 1.86 bits per heavy atom. The number of fused-ring (bicyclic) bond motifs is 5. The number of nitrogens with two attached hydrogens (primary N) is 1. The van der Waals surface area contributed by atoms with Crippen LogP contribution in [-0.2, 0) is 21.5 Å². The SMILES string of the molecule is CCN(CC)CCOCC[C@@]1(C)CC[C@H]2[C@@H]3[C@H](C)Cc4cc(OS(N)(=O)=O)ccc4[C@H]3CC[C@@]21C.